The van der Waals surface area contributed by atoms with Crippen LogP contribution < -0.4 is 15.0 Å². The fourth-order valence-electron chi connectivity index (χ4n) is 4.10. The van der Waals surface area contributed by atoms with Gasteiger partial charge in [-0.3, -0.25) is 4.79 Å². The van der Waals surface area contributed by atoms with Crippen molar-refractivity contribution >= 4 is 55.6 Å². The standard InChI is InChI=1S/C25H23BrIN3O3/c1-3-11-33-23-20(27)12-16(13-22(23)32-2)15-28-30-24(17-7-5-4-6-8-17)29-21-10-9-18(26)14-19(21)25(30)31/h1,9-10,12-15,17H,4-8,11H2,2H3. The highest BCUT2D eigenvalue weighted by atomic mass is 127. The molecule has 0 atom stereocenters. The van der Waals surface area contributed by atoms with E-state index in [1.165, 1.54) is 11.1 Å². The Hall–Kier alpha value is -2.38. The van der Waals surface area contributed by atoms with Crippen LogP contribution in [0, 0.1) is 15.9 Å². The molecule has 33 heavy (non-hydrogen) atoms. The molecule has 3 aromatic rings. The average molecular weight is 620 g/mol. The molecule has 1 aromatic heterocycles. The molecule has 1 fully saturated rings. The summed E-state index contributed by atoms with van der Waals surface area (Å²) < 4.78 is 14.2. The van der Waals surface area contributed by atoms with Gasteiger partial charge in [0.05, 0.1) is 27.8 Å². The van der Waals surface area contributed by atoms with Gasteiger partial charge in [0.2, 0.25) is 0 Å². The molecule has 1 saturated carbocycles. The predicted molar refractivity (Wildman–Crippen MR) is 143 cm³/mol. The quantitative estimate of drug-likeness (QED) is 0.201. The third-order valence-electron chi connectivity index (χ3n) is 5.68. The highest BCUT2D eigenvalue weighted by molar-refractivity contribution is 14.1. The number of hydrogen-bond acceptors (Lipinski definition) is 5. The van der Waals surface area contributed by atoms with Gasteiger partial charge in [-0.15, -0.1) is 6.42 Å². The minimum Gasteiger partial charge on any atom is -0.493 e. The molecule has 170 valence electrons. The minimum absolute atomic E-state index is 0.151. The van der Waals surface area contributed by atoms with E-state index in [-0.39, 0.29) is 18.1 Å². The van der Waals surface area contributed by atoms with Crippen molar-refractivity contribution in [2.75, 3.05) is 13.7 Å². The van der Waals surface area contributed by atoms with E-state index in [0.717, 1.165) is 45.1 Å². The molecule has 0 spiro atoms. The van der Waals surface area contributed by atoms with Gasteiger partial charge in [-0.2, -0.15) is 9.78 Å². The minimum atomic E-state index is -0.172. The second-order valence-corrected chi connectivity index (χ2v) is 9.93. The van der Waals surface area contributed by atoms with E-state index in [4.69, 9.17) is 20.9 Å². The van der Waals surface area contributed by atoms with E-state index in [2.05, 4.69) is 49.5 Å². The number of nitrogens with zero attached hydrogens (tertiary/aromatic N) is 3. The van der Waals surface area contributed by atoms with Crippen molar-refractivity contribution in [2.24, 2.45) is 5.10 Å². The van der Waals surface area contributed by atoms with Crippen LogP contribution in [0.3, 0.4) is 0 Å². The first-order chi connectivity index (χ1) is 16.0. The first-order valence-corrected chi connectivity index (χ1v) is 12.6. The maximum absolute atomic E-state index is 13.5. The number of benzene rings is 2. The van der Waals surface area contributed by atoms with Crippen LogP contribution in [-0.2, 0) is 0 Å². The SMILES string of the molecule is C#CCOc1c(I)cc(C=Nn2c(C3CCCCC3)nc3ccc(Br)cc3c2=O)cc1OC. The molecule has 4 rings (SSSR count). The Morgan fingerprint density at radius 1 is 1.30 bits per heavy atom. The van der Waals surface area contributed by atoms with E-state index in [9.17, 15) is 4.79 Å². The molecule has 0 unspecified atom stereocenters. The second kappa shape index (κ2) is 10.7. The van der Waals surface area contributed by atoms with Crippen molar-refractivity contribution in [1.82, 2.24) is 9.66 Å². The summed E-state index contributed by atoms with van der Waals surface area (Å²) in [5.74, 6) is 4.54. The van der Waals surface area contributed by atoms with Crippen molar-refractivity contribution in [2.45, 2.75) is 38.0 Å². The van der Waals surface area contributed by atoms with E-state index < -0.39 is 0 Å². The van der Waals surface area contributed by atoms with E-state index in [0.29, 0.717) is 22.4 Å². The third-order valence-corrected chi connectivity index (χ3v) is 6.97. The molecule has 0 aliphatic heterocycles. The summed E-state index contributed by atoms with van der Waals surface area (Å²) in [6, 6.07) is 9.31. The number of terminal acetylenes is 1. The molecular weight excluding hydrogens is 597 g/mol. The van der Waals surface area contributed by atoms with Gasteiger partial charge in [-0.1, -0.05) is 41.1 Å². The third kappa shape index (κ3) is 5.25. The average Bonchev–Trinajstić information content (AvgIpc) is 2.83. The molecule has 0 bridgehead atoms. The van der Waals surface area contributed by atoms with Crippen molar-refractivity contribution < 1.29 is 9.47 Å². The smallest absolute Gasteiger partial charge is 0.282 e. The summed E-state index contributed by atoms with van der Waals surface area (Å²) in [6.45, 7) is 0.151. The Morgan fingerprint density at radius 2 is 2.09 bits per heavy atom. The Morgan fingerprint density at radius 3 is 2.82 bits per heavy atom. The molecule has 1 heterocycles. The highest BCUT2D eigenvalue weighted by Gasteiger charge is 2.22. The molecule has 1 aliphatic rings. The van der Waals surface area contributed by atoms with Gasteiger partial charge in [-0.05, 0) is 71.3 Å². The Bertz CT molecular complexity index is 1310. The van der Waals surface area contributed by atoms with Gasteiger partial charge >= 0.3 is 0 Å². The van der Waals surface area contributed by atoms with E-state index >= 15 is 0 Å². The van der Waals surface area contributed by atoms with Crippen LogP contribution in [0.5, 0.6) is 11.5 Å². The highest BCUT2D eigenvalue weighted by Crippen LogP contribution is 2.34. The number of ether oxygens (including phenoxy) is 2. The maximum atomic E-state index is 13.5. The van der Waals surface area contributed by atoms with Gasteiger partial charge in [-0.25, -0.2) is 4.98 Å². The summed E-state index contributed by atoms with van der Waals surface area (Å²) in [7, 11) is 1.58. The molecule has 0 amide bonds. The van der Waals surface area contributed by atoms with Crippen molar-refractivity contribution in [1.29, 1.82) is 0 Å². The molecule has 0 N–H and O–H groups in total. The molecular formula is C25H23BrIN3O3. The van der Waals surface area contributed by atoms with E-state index in [1.807, 2.05) is 24.3 Å². The summed E-state index contributed by atoms with van der Waals surface area (Å²) in [6.07, 6.45) is 12.5. The zero-order chi connectivity index (χ0) is 23.4. The molecule has 0 radical (unpaired) electrons. The lowest BCUT2D eigenvalue weighted by atomic mass is 9.88. The Labute approximate surface area is 214 Å². The van der Waals surface area contributed by atoms with Gasteiger partial charge < -0.3 is 9.47 Å². The summed E-state index contributed by atoms with van der Waals surface area (Å²) >= 11 is 5.63. The van der Waals surface area contributed by atoms with Crippen LogP contribution in [0.4, 0.5) is 0 Å². The zero-order valence-electron chi connectivity index (χ0n) is 18.2. The zero-order valence-corrected chi connectivity index (χ0v) is 21.9. The van der Waals surface area contributed by atoms with Gasteiger partial charge in [0.1, 0.15) is 12.4 Å². The number of methoxy groups -OCH3 is 1. The van der Waals surface area contributed by atoms with Gasteiger partial charge in [0.15, 0.2) is 11.5 Å². The first-order valence-electron chi connectivity index (χ1n) is 10.7. The van der Waals surface area contributed by atoms with E-state index in [1.54, 1.807) is 19.4 Å². The summed E-state index contributed by atoms with van der Waals surface area (Å²) in [4.78, 5) is 18.3. The topological polar surface area (TPSA) is 65.7 Å². The Kier molecular flexibility index (Phi) is 7.71. The van der Waals surface area contributed by atoms with Crippen molar-refractivity contribution in [3.63, 3.8) is 0 Å². The maximum Gasteiger partial charge on any atom is 0.282 e. The molecule has 2 aromatic carbocycles. The lowest BCUT2D eigenvalue weighted by Crippen LogP contribution is -2.25. The number of halogens is 2. The first kappa shape index (κ1) is 23.8. The number of hydrogen-bond donors (Lipinski definition) is 0. The van der Waals surface area contributed by atoms with Crippen molar-refractivity contribution in [3.8, 4) is 23.8 Å². The van der Waals surface area contributed by atoms with Gasteiger partial charge in [0, 0.05) is 10.4 Å². The molecule has 6 nitrogen and oxygen atoms in total. The predicted octanol–water partition coefficient (Wildman–Crippen LogP) is 5.71. The van der Waals surface area contributed by atoms with Crippen LogP contribution in [0.15, 0.2) is 44.7 Å². The van der Waals surface area contributed by atoms with Crippen LogP contribution >= 0.6 is 38.5 Å². The summed E-state index contributed by atoms with van der Waals surface area (Å²) in [5.41, 5.74) is 1.30. The largest absolute Gasteiger partial charge is 0.493 e. The Balaban J connectivity index is 1.80. The molecule has 8 heteroatoms. The van der Waals surface area contributed by atoms with Crippen LogP contribution in [0.2, 0.25) is 0 Å². The van der Waals surface area contributed by atoms with Crippen LogP contribution in [0.25, 0.3) is 10.9 Å². The lowest BCUT2D eigenvalue weighted by molar-refractivity contribution is 0.328. The number of fused-ring (bicyclic) bond motifs is 1. The number of rotatable bonds is 6. The van der Waals surface area contributed by atoms with Crippen LogP contribution in [-0.4, -0.2) is 29.6 Å². The monoisotopic (exact) mass is 619 g/mol. The molecule has 0 saturated heterocycles. The lowest BCUT2D eigenvalue weighted by Gasteiger charge is -2.22. The second-order valence-electron chi connectivity index (χ2n) is 7.85. The fourth-order valence-corrected chi connectivity index (χ4v) is 5.24. The van der Waals surface area contributed by atoms with Crippen molar-refractivity contribution in [3.05, 3.63) is 60.1 Å². The molecule has 1 aliphatic carbocycles. The summed E-state index contributed by atoms with van der Waals surface area (Å²) in [5, 5.41) is 5.14. The fraction of sp³-hybridized carbons (Fsp3) is 0.320. The normalized spacial score (nSPS) is 14.5. The number of aromatic nitrogens is 2. The van der Waals surface area contributed by atoms with Gasteiger partial charge in [0.25, 0.3) is 5.56 Å². The van der Waals surface area contributed by atoms with Crippen LogP contribution in [0.1, 0.15) is 49.4 Å².